The minimum absolute atomic E-state index is 0.190. The monoisotopic (exact) mass is 1070 g/mol. The summed E-state index contributed by atoms with van der Waals surface area (Å²) in [5.41, 5.74) is -2.53. The number of carbonyl (C=O) groups is 2. The number of ether oxygens (including phenoxy) is 6. The van der Waals surface area contributed by atoms with E-state index in [1.807, 2.05) is 154 Å². The zero-order valence-electron chi connectivity index (χ0n) is 51.5. The molecule has 0 saturated heterocycles. The fraction of sp³-hybridized carbons (Fsp3) is 0.629. The first-order valence-electron chi connectivity index (χ1n) is 26.8. The molecule has 0 aliphatic heterocycles. The molecule has 0 amide bonds. The first-order valence-corrected chi connectivity index (χ1v) is 26.8. The fourth-order valence-electron chi connectivity index (χ4n) is 8.68. The third-order valence-electron chi connectivity index (χ3n) is 12.4. The van der Waals surface area contributed by atoms with Gasteiger partial charge in [0.05, 0.1) is 25.2 Å². The maximum Gasteiger partial charge on any atom is 0.514 e. The molecular formula is C62H92N3O12-. The van der Waals surface area contributed by atoms with Crippen LogP contribution in [0.2, 0.25) is 0 Å². The van der Waals surface area contributed by atoms with Crippen LogP contribution in [0, 0.1) is 0 Å². The molecule has 1 aromatic heterocycles. The summed E-state index contributed by atoms with van der Waals surface area (Å²) in [4.78, 5) is 72.5. The molecule has 1 atom stereocenters. The fourth-order valence-corrected chi connectivity index (χ4v) is 8.68. The molecule has 0 bridgehead atoms. The Balaban J connectivity index is 2.17. The standard InChI is InChI=1S/C62H92N3O12/c1-36(2)40-27-37(28-41(55(3,4)5)46(40)72-52(69)75-60(18,19)20)33-63-49(66)64(34-38-29-42(56(6,7)8)47(43(30-38)57(9,10)11)73-53(70)76-61(21,22)23)51(68)65(50(63)67)35-39-31-44(58(12,13)14)48(45(32-39)59(15,16)17)74-54(71)77-62(24,25)26/h27-32,36,53H,33-35H2,1-26H3/q-1. The predicted octanol–water partition coefficient (Wildman–Crippen LogP) is 12.4. The van der Waals surface area contributed by atoms with E-state index in [0.29, 0.717) is 67.3 Å². The van der Waals surface area contributed by atoms with E-state index in [0.717, 1.165) is 13.7 Å². The molecule has 428 valence electrons. The summed E-state index contributed by atoms with van der Waals surface area (Å²) >= 11 is 0. The van der Waals surface area contributed by atoms with Gasteiger partial charge in [-0.3, -0.25) is 0 Å². The molecule has 15 heteroatoms. The Morgan fingerprint density at radius 2 is 0.701 bits per heavy atom. The minimum atomic E-state index is -1.86. The van der Waals surface area contributed by atoms with Gasteiger partial charge in [-0.15, -0.1) is 0 Å². The number of carbonyl (C=O) groups excluding carboxylic acids is 2. The van der Waals surface area contributed by atoms with Crippen molar-refractivity contribution in [1.82, 2.24) is 13.7 Å². The van der Waals surface area contributed by atoms with Gasteiger partial charge in [-0.05, 0) is 148 Å². The van der Waals surface area contributed by atoms with Crippen molar-refractivity contribution >= 4 is 12.3 Å². The Morgan fingerprint density at radius 3 is 0.974 bits per heavy atom. The highest BCUT2D eigenvalue weighted by molar-refractivity contribution is 5.68. The van der Waals surface area contributed by atoms with E-state index in [1.54, 1.807) is 62.3 Å². The number of benzene rings is 3. The van der Waals surface area contributed by atoms with Crippen molar-refractivity contribution in [2.75, 3.05) is 0 Å². The van der Waals surface area contributed by atoms with Crippen molar-refractivity contribution in [3.05, 3.63) is 118 Å². The van der Waals surface area contributed by atoms with Crippen molar-refractivity contribution in [3.8, 4) is 17.2 Å². The highest BCUT2D eigenvalue weighted by atomic mass is 16.8. The molecule has 0 N–H and O–H groups in total. The molecule has 3 aromatic carbocycles. The molecular weight excluding hydrogens is 979 g/mol. The Labute approximate surface area is 458 Å². The van der Waals surface area contributed by atoms with Crippen LogP contribution in [-0.4, -0.2) is 49.3 Å². The molecule has 1 unspecified atom stereocenters. The average molecular weight is 1070 g/mol. The molecule has 0 radical (unpaired) electrons. The number of rotatable bonds is 12. The lowest BCUT2D eigenvalue weighted by atomic mass is 9.78. The second-order valence-corrected chi connectivity index (χ2v) is 28.9. The number of hydrogen-bond donors (Lipinski definition) is 0. The normalized spacial score (nSPS) is 13.7. The van der Waals surface area contributed by atoms with Gasteiger partial charge in [0.1, 0.15) is 34.9 Å². The van der Waals surface area contributed by atoms with Crippen molar-refractivity contribution in [1.29, 1.82) is 0 Å². The summed E-state index contributed by atoms with van der Waals surface area (Å²) < 4.78 is 38.3. The van der Waals surface area contributed by atoms with Crippen LogP contribution >= 0.6 is 0 Å². The smallest absolute Gasteiger partial charge is 0.514 e. The SMILES string of the molecule is CC(C)c1cc(Cn2c(=O)n(Cc3cc(C(C)(C)C)c(OC(=O)OC(C)(C)C)c(C(C)(C)C)c3)c(=O)n(Cc3cc(C(C)(C)C)c(OC([O-])OC(C)(C)C)c(C(C)(C)C)c3)c2=O)cc(C(C)(C)C)c1OC(=O)OC(C)(C)C. The van der Waals surface area contributed by atoms with Gasteiger partial charge >= 0.3 is 29.4 Å². The van der Waals surface area contributed by atoms with Crippen molar-refractivity contribution < 1.29 is 43.1 Å². The minimum Gasteiger partial charge on any atom is -0.799 e. The van der Waals surface area contributed by atoms with E-state index in [-0.39, 0.29) is 25.6 Å². The quantitative estimate of drug-likeness (QED) is 0.0746. The lowest BCUT2D eigenvalue weighted by Crippen LogP contribution is -2.55. The molecule has 1 heterocycles. The van der Waals surface area contributed by atoms with Crippen molar-refractivity contribution in [3.63, 3.8) is 0 Å². The van der Waals surface area contributed by atoms with Crippen LogP contribution in [0.15, 0.2) is 50.8 Å². The topological polar surface area (TPSA) is 179 Å². The molecule has 0 fully saturated rings. The largest absolute Gasteiger partial charge is 0.799 e. The molecule has 0 saturated carbocycles. The zero-order chi connectivity index (χ0) is 59.3. The van der Waals surface area contributed by atoms with E-state index < -0.39 is 79.7 Å². The Bertz CT molecular complexity index is 2930. The van der Waals surface area contributed by atoms with Crippen LogP contribution in [0.3, 0.4) is 0 Å². The Hall–Kier alpha value is -5.67. The highest BCUT2D eigenvalue weighted by Crippen LogP contribution is 2.44. The number of nitrogens with zero attached hydrogens (tertiary/aromatic N) is 3. The maximum absolute atomic E-state index is 15.3. The van der Waals surface area contributed by atoms with Crippen LogP contribution in [0.4, 0.5) is 9.59 Å². The summed E-state index contributed by atoms with van der Waals surface area (Å²) in [6.45, 7) is 46.8. The third kappa shape index (κ3) is 16.9. The van der Waals surface area contributed by atoms with Crippen LogP contribution in [0.1, 0.15) is 236 Å². The summed E-state index contributed by atoms with van der Waals surface area (Å²) in [6.07, 6.45) is -1.74. The van der Waals surface area contributed by atoms with E-state index >= 15 is 14.4 Å². The van der Waals surface area contributed by atoms with Gasteiger partial charge in [0.25, 0.3) is 0 Å². The molecule has 4 aromatic rings. The van der Waals surface area contributed by atoms with E-state index in [4.69, 9.17) is 28.4 Å². The maximum atomic E-state index is 15.3. The third-order valence-corrected chi connectivity index (χ3v) is 12.4. The van der Waals surface area contributed by atoms with Gasteiger partial charge in [0.2, 0.25) is 0 Å². The second kappa shape index (κ2) is 22.2. The van der Waals surface area contributed by atoms with Gasteiger partial charge in [-0.2, -0.15) is 0 Å². The molecule has 4 rings (SSSR count). The van der Waals surface area contributed by atoms with Gasteiger partial charge in [-0.25, -0.2) is 37.7 Å². The summed E-state index contributed by atoms with van der Waals surface area (Å²) in [5, 5.41) is 13.4. The van der Waals surface area contributed by atoms with Crippen LogP contribution in [0.5, 0.6) is 17.2 Å². The van der Waals surface area contributed by atoms with Crippen LogP contribution in [0.25, 0.3) is 0 Å². The molecule has 15 nitrogen and oxygen atoms in total. The summed E-state index contributed by atoms with van der Waals surface area (Å²) in [6, 6.07) is 11.0. The van der Waals surface area contributed by atoms with Gasteiger partial charge in [0.15, 0.2) is 0 Å². The van der Waals surface area contributed by atoms with E-state index in [2.05, 4.69) is 0 Å². The first-order chi connectivity index (χ1) is 34.5. The number of hydrogen-bond acceptors (Lipinski definition) is 12. The van der Waals surface area contributed by atoms with E-state index in [1.165, 1.54) is 0 Å². The lowest BCUT2D eigenvalue weighted by Gasteiger charge is -2.36. The Morgan fingerprint density at radius 1 is 0.429 bits per heavy atom. The van der Waals surface area contributed by atoms with Crippen LogP contribution < -0.4 is 36.4 Å². The van der Waals surface area contributed by atoms with Gasteiger partial charge < -0.3 is 33.5 Å². The predicted molar refractivity (Wildman–Crippen MR) is 302 cm³/mol. The highest BCUT2D eigenvalue weighted by Gasteiger charge is 2.34. The van der Waals surface area contributed by atoms with Gasteiger partial charge in [-0.1, -0.05) is 124 Å². The molecule has 77 heavy (non-hydrogen) atoms. The first kappa shape index (κ1) is 63.9. The average Bonchev–Trinajstić information content (AvgIpc) is 3.19. The lowest BCUT2D eigenvalue weighted by molar-refractivity contribution is -0.557. The van der Waals surface area contributed by atoms with Crippen molar-refractivity contribution in [2.45, 2.75) is 256 Å². The molecule has 0 aliphatic carbocycles. The second-order valence-electron chi connectivity index (χ2n) is 28.9. The Kier molecular flexibility index (Phi) is 18.4. The summed E-state index contributed by atoms with van der Waals surface area (Å²) in [5.74, 6) is 0.807. The molecule has 0 aliphatic rings. The van der Waals surface area contributed by atoms with Crippen molar-refractivity contribution in [2.24, 2.45) is 0 Å². The summed E-state index contributed by atoms with van der Waals surface area (Å²) in [7, 11) is 0. The van der Waals surface area contributed by atoms with E-state index in [9.17, 15) is 14.7 Å². The zero-order valence-corrected chi connectivity index (χ0v) is 51.5. The molecule has 0 spiro atoms. The van der Waals surface area contributed by atoms with Crippen LogP contribution in [-0.2, 0) is 60.9 Å². The van der Waals surface area contributed by atoms with Gasteiger partial charge in [0, 0.05) is 27.8 Å². The number of aromatic nitrogens is 3.